The van der Waals surface area contributed by atoms with E-state index in [-0.39, 0.29) is 11.1 Å². The first-order valence-corrected chi connectivity index (χ1v) is 12.2. The number of aromatic hydroxyl groups is 1. The Labute approximate surface area is 207 Å². The zero-order chi connectivity index (χ0) is 24.6. The van der Waals surface area contributed by atoms with Gasteiger partial charge < -0.3 is 30.1 Å². The maximum Gasteiger partial charge on any atom is 0.271 e. The third-order valence-electron chi connectivity index (χ3n) is 5.24. The summed E-state index contributed by atoms with van der Waals surface area (Å²) in [6, 6.07) is 3.75. The second-order valence-electron chi connectivity index (χ2n) is 7.75. The van der Waals surface area contributed by atoms with Crippen molar-refractivity contribution >= 4 is 40.6 Å². The Hall–Kier alpha value is -2.26. The number of thioether (sulfide) groups is 1. The van der Waals surface area contributed by atoms with E-state index in [0.717, 1.165) is 23.1 Å². The molecule has 0 saturated carbocycles. The first-order chi connectivity index (χ1) is 16.2. The number of aliphatic hydroxyl groups excluding tert-OH is 3. The normalized spacial score (nSPS) is 24.8. The molecule has 1 saturated heterocycles. The Kier molecular flexibility index (Phi) is 7.42. The molecule has 4 rings (SSSR count). The van der Waals surface area contributed by atoms with Crippen molar-refractivity contribution in [3.05, 3.63) is 40.4 Å². The van der Waals surface area contributed by atoms with Crippen LogP contribution in [0.5, 0.6) is 5.19 Å². The number of halogens is 1. The van der Waals surface area contributed by atoms with Crippen LogP contribution in [0.3, 0.4) is 0 Å². The van der Waals surface area contributed by atoms with Crippen LogP contribution in [0.15, 0.2) is 34.7 Å². The van der Waals surface area contributed by atoms with Crippen molar-refractivity contribution in [2.75, 3.05) is 20.7 Å². The van der Waals surface area contributed by atoms with Crippen molar-refractivity contribution in [2.24, 2.45) is 0 Å². The highest BCUT2D eigenvalue weighted by Gasteiger charge is 2.46. The van der Waals surface area contributed by atoms with Gasteiger partial charge in [0.1, 0.15) is 41.2 Å². The molecule has 1 aliphatic rings. The zero-order valence-corrected chi connectivity index (χ0v) is 20.4. The maximum atomic E-state index is 12.6. The number of amides is 1. The molecular formula is C20H22ClN5O6S2. The molecule has 1 aliphatic heterocycles. The molecule has 3 heterocycles. The molecule has 0 radical (unpaired) electrons. The summed E-state index contributed by atoms with van der Waals surface area (Å²) in [5.41, 5.74) is 0.111. The largest absolute Gasteiger partial charge is 0.486 e. The molecule has 3 aromatic rings. The Balaban J connectivity index is 1.65. The van der Waals surface area contributed by atoms with Crippen LogP contribution in [0.2, 0.25) is 5.02 Å². The number of aliphatic hydroxyl groups is 3. The number of rotatable bonds is 6. The van der Waals surface area contributed by atoms with Gasteiger partial charge >= 0.3 is 0 Å². The van der Waals surface area contributed by atoms with Gasteiger partial charge in [0.15, 0.2) is 0 Å². The number of aromatic nitrogens is 4. The first-order valence-electron chi connectivity index (χ1n) is 10.1. The Bertz CT molecular complexity index is 1170. The smallest absolute Gasteiger partial charge is 0.271 e. The minimum Gasteiger partial charge on any atom is -0.486 e. The minimum absolute atomic E-state index is 0.128. The van der Waals surface area contributed by atoms with E-state index in [4.69, 9.17) is 16.3 Å². The molecule has 0 bridgehead atoms. The van der Waals surface area contributed by atoms with E-state index >= 15 is 0 Å². The average molecular weight is 528 g/mol. The number of benzene rings is 1. The predicted molar refractivity (Wildman–Crippen MR) is 125 cm³/mol. The van der Waals surface area contributed by atoms with Crippen LogP contribution in [0.4, 0.5) is 0 Å². The molecule has 2 aromatic heterocycles. The predicted octanol–water partition coefficient (Wildman–Crippen LogP) is 1.23. The highest BCUT2D eigenvalue weighted by molar-refractivity contribution is 8.00. The van der Waals surface area contributed by atoms with Gasteiger partial charge in [-0.2, -0.15) is 0 Å². The third kappa shape index (κ3) is 4.91. The summed E-state index contributed by atoms with van der Waals surface area (Å²) in [4.78, 5) is 18.5. The van der Waals surface area contributed by atoms with Crippen LogP contribution >= 0.6 is 34.7 Å². The number of carbonyl (C=O) groups excluding carboxylic acids is 1. The van der Waals surface area contributed by atoms with E-state index in [2.05, 4.69) is 15.3 Å². The van der Waals surface area contributed by atoms with Crippen molar-refractivity contribution in [3.8, 4) is 16.6 Å². The van der Waals surface area contributed by atoms with E-state index in [1.165, 1.54) is 15.8 Å². The lowest BCUT2D eigenvalue weighted by molar-refractivity contribution is -0.178. The SMILES string of the molecule is CN(C)C(=O)c1ccc(Cl)cc1S[C@H]1OC(CO)[C@H](O)[C@H](n2cc(-c3csc(O)n3)nn2)C1O. The molecular weight excluding hydrogens is 506 g/mol. The van der Waals surface area contributed by atoms with Gasteiger partial charge in [0.2, 0.25) is 0 Å². The van der Waals surface area contributed by atoms with E-state index in [1.54, 1.807) is 37.7 Å². The Morgan fingerprint density at radius 1 is 1.29 bits per heavy atom. The Morgan fingerprint density at radius 2 is 2.06 bits per heavy atom. The van der Waals surface area contributed by atoms with Gasteiger partial charge in [0.25, 0.3) is 11.1 Å². The van der Waals surface area contributed by atoms with Crippen molar-refractivity contribution in [3.63, 3.8) is 0 Å². The summed E-state index contributed by atoms with van der Waals surface area (Å²) in [5, 5.41) is 51.2. The fraction of sp³-hybridized carbons (Fsp3) is 0.400. The molecule has 34 heavy (non-hydrogen) atoms. The highest BCUT2D eigenvalue weighted by Crippen LogP contribution is 2.40. The summed E-state index contributed by atoms with van der Waals surface area (Å²) in [6.45, 7) is -0.512. The summed E-state index contributed by atoms with van der Waals surface area (Å²) >= 11 is 8.24. The van der Waals surface area contributed by atoms with Crippen LogP contribution in [0, 0.1) is 0 Å². The molecule has 1 aromatic carbocycles. The molecule has 0 spiro atoms. The van der Waals surface area contributed by atoms with Crippen LogP contribution in [0.1, 0.15) is 16.4 Å². The number of carbonyl (C=O) groups is 1. The standard InChI is InChI=1S/C20H22ClN5O6S2/c1-25(2)18(30)10-4-3-9(21)5-14(10)34-19-17(29)15(16(28)13(7-27)32-19)26-6-11(23-24-26)12-8-33-20(31)22-12/h3-6,8,13,15-17,19,27-29H,7H2,1-2H3,(H,22,31)/t13?,15-,16-,17?,19+/m0/s1. The number of hydrogen-bond donors (Lipinski definition) is 4. The molecule has 2 unspecified atom stereocenters. The zero-order valence-electron chi connectivity index (χ0n) is 18.0. The quantitative estimate of drug-likeness (QED) is 0.368. The van der Waals surface area contributed by atoms with Crippen LogP contribution < -0.4 is 0 Å². The summed E-state index contributed by atoms with van der Waals surface area (Å²) in [7, 11) is 3.24. The number of hydrogen-bond acceptors (Lipinski definition) is 11. The van der Waals surface area contributed by atoms with Gasteiger partial charge in [-0.1, -0.05) is 39.9 Å². The molecule has 11 nitrogen and oxygen atoms in total. The van der Waals surface area contributed by atoms with Gasteiger partial charge in [-0.15, -0.1) is 5.10 Å². The minimum atomic E-state index is -1.31. The molecule has 14 heteroatoms. The maximum absolute atomic E-state index is 12.6. The van der Waals surface area contributed by atoms with Crippen molar-refractivity contribution < 1.29 is 30.0 Å². The van der Waals surface area contributed by atoms with Crippen molar-refractivity contribution in [2.45, 2.75) is 34.7 Å². The van der Waals surface area contributed by atoms with E-state index in [1.807, 2.05) is 0 Å². The number of ether oxygens (including phenoxy) is 1. The number of nitrogens with zero attached hydrogens (tertiary/aromatic N) is 5. The Morgan fingerprint density at radius 3 is 2.71 bits per heavy atom. The fourth-order valence-corrected chi connectivity index (χ4v) is 5.54. The second kappa shape index (κ2) is 10.2. The van der Waals surface area contributed by atoms with Crippen molar-refractivity contribution in [1.29, 1.82) is 0 Å². The van der Waals surface area contributed by atoms with Crippen molar-refractivity contribution in [1.82, 2.24) is 24.9 Å². The van der Waals surface area contributed by atoms with Crippen LogP contribution in [-0.4, -0.2) is 95.7 Å². The molecule has 0 aliphatic carbocycles. The lowest BCUT2D eigenvalue weighted by atomic mass is 9.97. The van der Waals surface area contributed by atoms with Gasteiger partial charge in [-0.05, 0) is 18.2 Å². The van der Waals surface area contributed by atoms with Gasteiger partial charge in [0.05, 0.1) is 18.4 Å². The third-order valence-corrected chi connectivity index (χ3v) is 7.33. The second-order valence-corrected chi connectivity index (χ2v) is 10.2. The lowest BCUT2D eigenvalue weighted by Gasteiger charge is -2.41. The summed E-state index contributed by atoms with van der Waals surface area (Å²) in [5.74, 6) is -0.257. The fourth-order valence-electron chi connectivity index (χ4n) is 3.54. The first kappa shape index (κ1) is 24.9. The topological polar surface area (TPSA) is 154 Å². The number of thiazole rings is 1. The highest BCUT2D eigenvalue weighted by atomic mass is 35.5. The van der Waals surface area contributed by atoms with Crippen LogP contribution in [-0.2, 0) is 4.74 Å². The van der Waals surface area contributed by atoms with Crippen LogP contribution in [0.25, 0.3) is 11.4 Å². The summed E-state index contributed by atoms with van der Waals surface area (Å²) < 4.78 is 7.07. The molecule has 182 valence electrons. The monoisotopic (exact) mass is 527 g/mol. The molecule has 4 N–H and O–H groups in total. The molecule has 1 fully saturated rings. The lowest BCUT2D eigenvalue weighted by Crippen LogP contribution is -2.55. The molecule has 5 atom stereocenters. The van der Waals surface area contributed by atoms with E-state index < -0.39 is 36.4 Å². The molecule has 1 amide bonds. The van der Waals surface area contributed by atoms with Gasteiger partial charge in [0, 0.05) is 29.4 Å². The average Bonchev–Trinajstić information content (AvgIpc) is 3.44. The van der Waals surface area contributed by atoms with E-state index in [0.29, 0.717) is 26.9 Å². The summed E-state index contributed by atoms with van der Waals surface area (Å²) in [6.07, 6.45) is -2.16. The van der Waals surface area contributed by atoms with Gasteiger partial charge in [-0.3, -0.25) is 4.79 Å². The van der Waals surface area contributed by atoms with Gasteiger partial charge in [-0.25, -0.2) is 9.67 Å². The van der Waals surface area contributed by atoms with E-state index in [9.17, 15) is 25.2 Å².